The Morgan fingerprint density at radius 3 is 1.54 bits per heavy atom. The van der Waals surface area contributed by atoms with Crippen LogP contribution in [0.5, 0.6) is 0 Å². The van der Waals surface area contributed by atoms with Crippen molar-refractivity contribution in [2.75, 3.05) is 0 Å². The Hall–Kier alpha value is -4.95. The van der Waals surface area contributed by atoms with Crippen molar-refractivity contribution in [3.8, 4) is 52.6 Å². The summed E-state index contributed by atoms with van der Waals surface area (Å²) in [5.74, 6) is 0. The first kappa shape index (κ1) is 26.3. The number of nitriles is 5. The molecule has 0 N–H and O–H groups in total. The summed E-state index contributed by atoms with van der Waals surface area (Å²) < 4.78 is 0. The molecule has 0 saturated carbocycles. The third-order valence-corrected chi connectivity index (χ3v) is 4.55. The first-order valence-corrected chi connectivity index (χ1v) is 9.51. The predicted octanol–water partition coefficient (Wildman–Crippen LogP) is 0.762. The van der Waals surface area contributed by atoms with E-state index in [1.807, 2.05) is 42.5 Å². The Labute approximate surface area is 224 Å². The maximum Gasteiger partial charge on any atom is 1.00 e. The Kier molecular flexibility index (Phi) is 9.71. The van der Waals surface area contributed by atoms with Crippen molar-refractivity contribution in [3.63, 3.8) is 0 Å². The van der Waals surface area contributed by atoms with Crippen LogP contribution in [0.1, 0.15) is 29.5 Å². The molecule has 10 heteroatoms. The molecule has 4 aromatic heterocycles. The van der Waals surface area contributed by atoms with E-state index < -0.39 is 0 Å². The number of hydrogen-bond donors (Lipinski definition) is 0. The van der Waals surface area contributed by atoms with Gasteiger partial charge in [-0.25, -0.2) is 9.97 Å². The fourth-order valence-corrected chi connectivity index (χ4v) is 3.03. The molecule has 0 saturated heterocycles. The number of pyridine rings is 4. The van der Waals surface area contributed by atoms with Crippen LogP contribution < -0.4 is 29.6 Å². The smallest absolute Gasteiger partial charge is 1.00 e. The van der Waals surface area contributed by atoms with E-state index in [0.717, 1.165) is 6.20 Å². The van der Waals surface area contributed by atoms with Crippen LogP contribution in [0.3, 0.4) is 0 Å². The monoisotopic (exact) mass is 461 g/mol. The van der Waals surface area contributed by atoms with Gasteiger partial charge in [0.15, 0.2) is 11.4 Å². The molecule has 4 aromatic rings. The minimum Gasteiger partial charge on any atom is -1.00 e. The zero-order chi connectivity index (χ0) is 24.3. The van der Waals surface area contributed by atoms with Gasteiger partial charge in [0.25, 0.3) is 0 Å². The van der Waals surface area contributed by atoms with Gasteiger partial charge in [0.2, 0.25) is 0 Å². The molecule has 9 nitrogen and oxygen atoms in total. The zero-order valence-electron chi connectivity index (χ0n) is 19.4. The Bertz CT molecular complexity index is 1520. The molecule has 0 fully saturated rings. The summed E-state index contributed by atoms with van der Waals surface area (Å²) in [6.45, 7) is 0. The summed E-state index contributed by atoms with van der Waals surface area (Å²) in [7, 11) is 0. The van der Waals surface area contributed by atoms with E-state index in [1.54, 1.807) is 36.9 Å². The summed E-state index contributed by atoms with van der Waals surface area (Å²) in [5, 5.41) is 45.8. The van der Waals surface area contributed by atoms with Crippen LogP contribution in [-0.4, -0.2) is 19.9 Å². The topological polar surface area (TPSA) is 171 Å². The molecule has 0 unspecified atom stereocenters. The standard InChI is InChI=1S/C15H3N7.C10H8N2.Na.H/c16-3-9-8-22-14(7-20)12(5-18)15(9)10-1-2-21-13(6-19)11(10)4-17;1-5-11-6-2-9(1)10-3-7-12-8-4-10;;/h1-2,8H;1-8H;;/q;;+1;-1. The average Bonchev–Trinajstić information content (AvgIpc) is 2.92. The average molecular weight is 461 g/mol. The third-order valence-electron chi connectivity index (χ3n) is 4.55. The van der Waals surface area contributed by atoms with Gasteiger partial charge < -0.3 is 1.43 Å². The van der Waals surface area contributed by atoms with E-state index in [2.05, 4.69) is 19.9 Å². The van der Waals surface area contributed by atoms with Crippen LogP contribution in [0.2, 0.25) is 0 Å². The maximum atomic E-state index is 9.29. The van der Waals surface area contributed by atoms with Crippen molar-refractivity contribution < 1.29 is 31.0 Å². The van der Waals surface area contributed by atoms with E-state index in [4.69, 9.17) is 10.5 Å². The van der Waals surface area contributed by atoms with Crippen molar-refractivity contribution in [2.45, 2.75) is 0 Å². The predicted molar refractivity (Wildman–Crippen MR) is 120 cm³/mol. The largest absolute Gasteiger partial charge is 1.00 e. The van der Waals surface area contributed by atoms with Gasteiger partial charge in [-0.2, -0.15) is 26.3 Å². The van der Waals surface area contributed by atoms with Gasteiger partial charge in [0, 0.05) is 48.3 Å². The molecular formula is C25H12N9Na. The molecule has 0 radical (unpaired) electrons. The molecular weight excluding hydrogens is 449 g/mol. The number of nitrogens with zero attached hydrogens (tertiary/aromatic N) is 9. The van der Waals surface area contributed by atoms with E-state index in [9.17, 15) is 15.8 Å². The second-order valence-electron chi connectivity index (χ2n) is 6.38. The van der Waals surface area contributed by atoms with E-state index in [-0.39, 0.29) is 70.2 Å². The quantitative estimate of drug-likeness (QED) is 0.391. The van der Waals surface area contributed by atoms with Gasteiger partial charge >= 0.3 is 29.6 Å². The van der Waals surface area contributed by atoms with E-state index in [1.165, 1.54) is 23.4 Å². The van der Waals surface area contributed by atoms with Crippen molar-refractivity contribution in [1.29, 1.82) is 26.3 Å². The molecule has 0 aliphatic carbocycles. The van der Waals surface area contributed by atoms with Crippen LogP contribution in [0.4, 0.5) is 0 Å². The zero-order valence-corrected chi connectivity index (χ0v) is 20.4. The fourth-order valence-electron chi connectivity index (χ4n) is 3.03. The molecule has 0 aromatic carbocycles. The van der Waals surface area contributed by atoms with Crippen molar-refractivity contribution >= 4 is 0 Å². The van der Waals surface area contributed by atoms with Crippen LogP contribution in [0.15, 0.2) is 67.5 Å². The molecule has 0 amide bonds. The molecule has 158 valence electrons. The molecule has 0 aliphatic heterocycles. The number of hydrogen-bond acceptors (Lipinski definition) is 9. The van der Waals surface area contributed by atoms with Gasteiger partial charge in [-0.15, -0.1) is 0 Å². The van der Waals surface area contributed by atoms with Crippen molar-refractivity contribution in [3.05, 3.63) is 95.6 Å². The summed E-state index contributed by atoms with van der Waals surface area (Å²) in [4.78, 5) is 15.4. The first-order valence-electron chi connectivity index (χ1n) is 9.51. The summed E-state index contributed by atoms with van der Waals surface area (Å²) in [5.41, 5.74) is 2.22. The van der Waals surface area contributed by atoms with E-state index in [0.29, 0.717) is 0 Å². The molecule has 0 atom stereocenters. The van der Waals surface area contributed by atoms with Crippen LogP contribution in [0, 0.1) is 56.7 Å². The molecule has 0 bridgehead atoms. The van der Waals surface area contributed by atoms with Gasteiger partial charge in [-0.05, 0) is 41.5 Å². The summed E-state index contributed by atoms with van der Waals surface area (Å²) in [6, 6.07) is 18.4. The van der Waals surface area contributed by atoms with Crippen LogP contribution >= 0.6 is 0 Å². The summed E-state index contributed by atoms with van der Waals surface area (Å²) >= 11 is 0. The van der Waals surface area contributed by atoms with Crippen LogP contribution in [0.25, 0.3) is 22.3 Å². The van der Waals surface area contributed by atoms with Gasteiger partial charge in [0.05, 0.1) is 16.7 Å². The number of rotatable bonds is 2. The van der Waals surface area contributed by atoms with Crippen LogP contribution in [-0.2, 0) is 0 Å². The SMILES string of the molecule is N#Cc1cnc(C#N)c(C#N)c1-c1ccnc(C#N)c1C#N.[H-].[Na+].c1cc(-c2ccncc2)ccn1. The fraction of sp³-hybridized carbons (Fsp3) is 0. The second-order valence-corrected chi connectivity index (χ2v) is 6.38. The van der Waals surface area contributed by atoms with Crippen molar-refractivity contribution in [1.82, 2.24) is 19.9 Å². The molecule has 35 heavy (non-hydrogen) atoms. The molecule has 4 rings (SSSR count). The van der Waals surface area contributed by atoms with Crippen molar-refractivity contribution in [2.24, 2.45) is 0 Å². The summed E-state index contributed by atoms with van der Waals surface area (Å²) in [6.07, 6.45) is 9.60. The molecule has 4 heterocycles. The molecule has 0 spiro atoms. The van der Waals surface area contributed by atoms with Gasteiger partial charge in [0.1, 0.15) is 30.3 Å². The first-order chi connectivity index (χ1) is 16.7. The van der Waals surface area contributed by atoms with Gasteiger partial charge in [-0.1, -0.05) is 0 Å². The Morgan fingerprint density at radius 2 is 1.09 bits per heavy atom. The second kappa shape index (κ2) is 12.9. The van der Waals surface area contributed by atoms with Gasteiger partial charge in [-0.3, -0.25) is 9.97 Å². The maximum absolute atomic E-state index is 9.29. The third kappa shape index (κ3) is 5.89. The Morgan fingerprint density at radius 1 is 0.571 bits per heavy atom. The Balaban J connectivity index is 0.000000393. The molecule has 0 aliphatic rings. The minimum absolute atomic E-state index is 0. The number of aromatic nitrogens is 4. The minimum atomic E-state index is -0.157. The normalized spacial score (nSPS) is 8.77. The van der Waals surface area contributed by atoms with E-state index >= 15 is 0 Å².